The van der Waals surface area contributed by atoms with Crippen LogP contribution >= 0.6 is 0 Å². The van der Waals surface area contributed by atoms with Crippen molar-refractivity contribution in [1.29, 1.82) is 0 Å². The molecular weight excluding hydrogens is 382 g/mol. The molecule has 2 aliphatic rings. The van der Waals surface area contributed by atoms with Gasteiger partial charge in [0.25, 0.3) is 5.56 Å². The molecule has 8 heteroatoms. The number of piperidine rings is 1. The molecular formula is C22H21N5O3. The first kappa shape index (κ1) is 18.5. The van der Waals surface area contributed by atoms with E-state index in [-0.39, 0.29) is 17.2 Å². The lowest BCUT2D eigenvalue weighted by Gasteiger charge is -2.43. The molecule has 0 saturated carbocycles. The van der Waals surface area contributed by atoms with Gasteiger partial charge < -0.3 is 14.2 Å². The molecule has 0 N–H and O–H groups in total. The zero-order valence-corrected chi connectivity index (χ0v) is 16.6. The molecule has 0 aliphatic carbocycles. The molecule has 0 unspecified atom stereocenters. The molecule has 5 heterocycles. The van der Waals surface area contributed by atoms with Crippen molar-refractivity contribution in [3.8, 4) is 11.1 Å². The lowest BCUT2D eigenvalue weighted by molar-refractivity contribution is 0.0593. The predicted octanol–water partition coefficient (Wildman–Crippen LogP) is 2.11. The third-order valence-electron chi connectivity index (χ3n) is 5.91. The van der Waals surface area contributed by atoms with E-state index in [9.17, 15) is 9.59 Å². The van der Waals surface area contributed by atoms with Gasteiger partial charge in [-0.2, -0.15) is 0 Å². The van der Waals surface area contributed by atoms with Gasteiger partial charge in [-0.05, 0) is 30.0 Å². The van der Waals surface area contributed by atoms with Crippen LogP contribution < -0.4 is 10.5 Å². The summed E-state index contributed by atoms with van der Waals surface area (Å²) >= 11 is 0. The Morgan fingerprint density at radius 2 is 2.00 bits per heavy atom. The minimum absolute atomic E-state index is 0.0386. The number of carbonyl (C=O) groups is 1. The van der Waals surface area contributed by atoms with Crippen LogP contribution in [0.4, 0.5) is 5.82 Å². The number of aromatic nitrogens is 4. The summed E-state index contributed by atoms with van der Waals surface area (Å²) in [5, 5.41) is 0. The van der Waals surface area contributed by atoms with Gasteiger partial charge in [0.15, 0.2) is 5.69 Å². The second-order valence-electron chi connectivity index (χ2n) is 7.81. The molecule has 0 spiro atoms. The Kier molecular flexibility index (Phi) is 4.54. The minimum Gasteiger partial charge on any atom is -0.464 e. The van der Waals surface area contributed by atoms with Crippen LogP contribution in [0, 0.1) is 5.92 Å². The number of nitrogens with zero attached hydrogens (tertiary/aromatic N) is 5. The summed E-state index contributed by atoms with van der Waals surface area (Å²) in [4.78, 5) is 39.4. The minimum atomic E-state index is -0.499. The van der Waals surface area contributed by atoms with E-state index in [1.807, 2.05) is 16.7 Å². The number of rotatable bonds is 3. The first-order valence-corrected chi connectivity index (χ1v) is 9.93. The Balaban J connectivity index is 1.46. The van der Waals surface area contributed by atoms with E-state index in [1.54, 1.807) is 24.7 Å². The lowest BCUT2D eigenvalue weighted by Crippen LogP contribution is -2.47. The van der Waals surface area contributed by atoms with Gasteiger partial charge in [0, 0.05) is 55.3 Å². The largest absolute Gasteiger partial charge is 0.464 e. The normalized spacial score (nSPS) is 19.8. The van der Waals surface area contributed by atoms with E-state index in [1.165, 1.54) is 13.3 Å². The Labute approximate surface area is 173 Å². The first-order chi connectivity index (χ1) is 14.6. The quantitative estimate of drug-likeness (QED) is 0.619. The Morgan fingerprint density at radius 3 is 2.73 bits per heavy atom. The molecule has 8 nitrogen and oxygen atoms in total. The van der Waals surface area contributed by atoms with Gasteiger partial charge in [0.05, 0.1) is 19.5 Å². The lowest BCUT2D eigenvalue weighted by atomic mass is 9.82. The summed E-state index contributed by atoms with van der Waals surface area (Å²) in [6.07, 6.45) is 7.62. The Hall–Kier alpha value is -3.55. The standard InChI is InChI=1S/C22H21N5O3/c1-30-22(29)18-9-25-20(10-24-18)26-11-14-5-17(13-26)19-6-16(7-21(28)27(19)12-14)15-3-2-4-23-8-15/h2-4,6-10,14,17H,5,11-13H2,1H3/t14-,17+/m0/s1. The van der Waals surface area contributed by atoms with Gasteiger partial charge in [-0.3, -0.25) is 9.78 Å². The molecule has 2 bridgehead atoms. The van der Waals surface area contributed by atoms with E-state index in [0.717, 1.165) is 42.1 Å². The highest BCUT2D eigenvalue weighted by atomic mass is 16.5. The number of carbonyl (C=O) groups excluding carboxylic acids is 1. The fourth-order valence-electron chi connectivity index (χ4n) is 4.54. The summed E-state index contributed by atoms with van der Waals surface area (Å²) < 4.78 is 6.61. The molecule has 1 fully saturated rings. The van der Waals surface area contributed by atoms with Crippen LogP contribution in [-0.2, 0) is 11.3 Å². The SMILES string of the molecule is COC(=O)c1cnc(N2C[C@@H]3C[C@H](C2)c2cc(-c4cccnc4)cc(=O)n2C3)cn1. The summed E-state index contributed by atoms with van der Waals surface area (Å²) in [7, 11) is 1.32. The number of hydrogen-bond acceptors (Lipinski definition) is 7. The number of fused-ring (bicyclic) bond motifs is 4. The van der Waals surface area contributed by atoms with E-state index >= 15 is 0 Å². The second-order valence-corrected chi connectivity index (χ2v) is 7.81. The van der Waals surface area contributed by atoms with E-state index < -0.39 is 5.97 Å². The summed E-state index contributed by atoms with van der Waals surface area (Å²) in [5.41, 5.74) is 3.13. The summed E-state index contributed by atoms with van der Waals surface area (Å²) in [5.74, 6) is 0.821. The molecule has 30 heavy (non-hydrogen) atoms. The van der Waals surface area contributed by atoms with Crippen molar-refractivity contribution in [2.24, 2.45) is 5.92 Å². The van der Waals surface area contributed by atoms with Crippen molar-refractivity contribution in [2.75, 3.05) is 25.1 Å². The third-order valence-corrected chi connectivity index (χ3v) is 5.91. The Morgan fingerprint density at radius 1 is 1.10 bits per heavy atom. The number of methoxy groups -OCH3 is 1. The van der Waals surface area contributed by atoms with Crippen LogP contribution in [-0.4, -0.2) is 45.7 Å². The zero-order valence-electron chi connectivity index (χ0n) is 16.6. The molecule has 3 aromatic heterocycles. The monoisotopic (exact) mass is 403 g/mol. The number of esters is 1. The average Bonchev–Trinajstić information content (AvgIpc) is 2.79. The maximum atomic E-state index is 12.8. The van der Waals surface area contributed by atoms with Gasteiger partial charge >= 0.3 is 5.97 Å². The van der Waals surface area contributed by atoms with Crippen LogP contribution in [0.1, 0.15) is 28.5 Å². The fourth-order valence-corrected chi connectivity index (χ4v) is 4.54. The van der Waals surface area contributed by atoms with Gasteiger partial charge in [0.2, 0.25) is 0 Å². The smallest absolute Gasteiger partial charge is 0.358 e. The zero-order chi connectivity index (χ0) is 20.7. The van der Waals surface area contributed by atoms with Crippen LogP contribution in [0.5, 0.6) is 0 Å². The maximum Gasteiger partial charge on any atom is 0.358 e. The molecule has 5 rings (SSSR count). The highest BCUT2D eigenvalue weighted by Gasteiger charge is 2.35. The molecule has 3 aromatic rings. The van der Waals surface area contributed by atoms with Crippen LogP contribution in [0.3, 0.4) is 0 Å². The van der Waals surface area contributed by atoms with E-state index in [0.29, 0.717) is 12.5 Å². The number of pyridine rings is 2. The Bertz CT molecular complexity index is 1140. The summed E-state index contributed by atoms with van der Waals surface area (Å²) in [6.45, 7) is 2.25. The molecule has 0 radical (unpaired) electrons. The van der Waals surface area contributed by atoms with Crippen molar-refractivity contribution >= 4 is 11.8 Å². The van der Waals surface area contributed by atoms with Crippen molar-refractivity contribution in [2.45, 2.75) is 18.9 Å². The van der Waals surface area contributed by atoms with Gasteiger partial charge in [-0.15, -0.1) is 0 Å². The number of hydrogen-bond donors (Lipinski definition) is 0. The first-order valence-electron chi connectivity index (χ1n) is 9.93. The van der Waals surface area contributed by atoms with Crippen molar-refractivity contribution in [3.63, 3.8) is 0 Å². The van der Waals surface area contributed by atoms with Crippen molar-refractivity contribution in [3.05, 3.63) is 70.8 Å². The predicted molar refractivity (Wildman–Crippen MR) is 110 cm³/mol. The summed E-state index contributed by atoms with van der Waals surface area (Å²) in [6, 6.07) is 7.67. The van der Waals surface area contributed by atoms with Crippen LogP contribution in [0.2, 0.25) is 0 Å². The number of ether oxygens (including phenoxy) is 1. The number of anilines is 1. The highest BCUT2D eigenvalue weighted by Crippen LogP contribution is 2.37. The molecule has 1 saturated heterocycles. The maximum absolute atomic E-state index is 12.8. The van der Waals surface area contributed by atoms with Crippen LogP contribution in [0.15, 0.2) is 53.8 Å². The molecule has 2 aliphatic heterocycles. The third kappa shape index (κ3) is 3.24. The van der Waals surface area contributed by atoms with Gasteiger partial charge in [-0.25, -0.2) is 14.8 Å². The van der Waals surface area contributed by atoms with E-state index in [4.69, 9.17) is 0 Å². The van der Waals surface area contributed by atoms with Crippen LogP contribution in [0.25, 0.3) is 11.1 Å². The van der Waals surface area contributed by atoms with Crippen molar-refractivity contribution in [1.82, 2.24) is 19.5 Å². The highest BCUT2D eigenvalue weighted by molar-refractivity contribution is 5.86. The van der Waals surface area contributed by atoms with Crippen molar-refractivity contribution < 1.29 is 9.53 Å². The molecule has 152 valence electrons. The topological polar surface area (TPSA) is 90.2 Å². The second kappa shape index (κ2) is 7.37. The van der Waals surface area contributed by atoms with E-state index in [2.05, 4.69) is 30.7 Å². The average molecular weight is 403 g/mol. The van der Waals surface area contributed by atoms with Gasteiger partial charge in [-0.1, -0.05) is 6.07 Å². The molecule has 0 aromatic carbocycles. The fraction of sp³-hybridized carbons (Fsp3) is 0.318. The molecule has 0 amide bonds. The molecule has 2 atom stereocenters. The van der Waals surface area contributed by atoms with Gasteiger partial charge in [0.1, 0.15) is 5.82 Å².